The summed E-state index contributed by atoms with van der Waals surface area (Å²) in [6.45, 7) is 8.56. The fraction of sp³-hybridized carbons (Fsp3) is 0.941. The van der Waals surface area contributed by atoms with Gasteiger partial charge in [-0.1, -0.05) is 46.0 Å². The maximum absolute atomic E-state index is 12.0. The molecule has 0 radical (unpaired) electrons. The van der Waals surface area contributed by atoms with E-state index in [1.807, 2.05) is 27.7 Å². The van der Waals surface area contributed by atoms with Crippen LogP contribution in [-0.4, -0.2) is 18.9 Å². The van der Waals surface area contributed by atoms with E-state index >= 15 is 0 Å². The van der Waals surface area contributed by atoms with Crippen LogP contribution < -0.4 is 0 Å². The molecule has 1 atom stereocenters. The van der Waals surface area contributed by atoms with Gasteiger partial charge in [0, 0.05) is 6.42 Å². The third kappa shape index (κ3) is 5.82. The van der Waals surface area contributed by atoms with Gasteiger partial charge in [-0.25, -0.2) is 0 Å². The normalized spacial score (nSPS) is 18.8. The molecule has 1 fully saturated rings. The highest BCUT2D eigenvalue weighted by Crippen LogP contribution is 2.27. The molecular formula is C17H32O3. The summed E-state index contributed by atoms with van der Waals surface area (Å²) in [6, 6.07) is 0. The zero-order valence-corrected chi connectivity index (χ0v) is 13.7. The monoisotopic (exact) mass is 284 g/mol. The minimum atomic E-state index is -0.417. The number of hydrogen-bond donors (Lipinski definition) is 0. The van der Waals surface area contributed by atoms with E-state index in [9.17, 15) is 4.79 Å². The average molecular weight is 284 g/mol. The first-order chi connectivity index (χ1) is 9.49. The van der Waals surface area contributed by atoms with E-state index < -0.39 is 5.41 Å². The number of ether oxygens (including phenoxy) is 2. The van der Waals surface area contributed by atoms with Crippen LogP contribution in [0, 0.1) is 11.3 Å². The third-order valence-corrected chi connectivity index (χ3v) is 4.56. The highest BCUT2D eigenvalue weighted by atomic mass is 16.7. The number of carbonyl (C=O) groups is 1. The zero-order valence-electron chi connectivity index (χ0n) is 13.7. The van der Waals surface area contributed by atoms with Crippen LogP contribution in [0.5, 0.6) is 0 Å². The lowest BCUT2D eigenvalue weighted by atomic mass is 9.87. The predicted molar refractivity (Wildman–Crippen MR) is 81.4 cm³/mol. The van der Waals surface area contributed by atoms with Gasteiger partial charge in [-0.05, 0) is 32.6 Å². The molecule has 3 heteroatoms. The van der Waals surface area contributed by atoms with E-state index in [-0.39, 0.29) is 12.3 Å². The van der Waals surface area contributed by atoms with Crippen molar-refractivity contribution in [1.29, 1.82) is 0 Å². The fourth-order valence-electron chi connectivity index (χ4n) is 2.50. The second-order valence-electron chi connectivity index (χ2n) is 6.64. The van der Waals surface area contributed by atoms with Gasteiger partial charge in [0.05, 0.1) is 12.0 Å². The SMILES string of the molecule is CCC(OCCC1CCCCC1)OC(=O)C(C)(C)CC. The molecule has 20 heavy (non-hydrogen) atoms. The van der Waals surface area contributed by atoms with Crippen molar-refractivity contribution in [3.63, 3.8) is 0 Å². The Kier molecular flexibility index (Phi) is 7.57. The average Bonchev–Trinajstić information content (AvgIpc) is 2.47. The maximum Gasteiger partial charge on any atom is 0.313 e. The largest absolute Gasteiger partial charge is 0.435 e. The second-order valence-corrected chi connectivity index (χ2v) is 6.64. The van der Waals surface area contributed by atoms with Crippen LogP contribution in [0.4, 0.5) is 0 Å². The second kappa shape index (κ2) is 8.66. The van der Waals surface area contributed by atoms with E-state index in [0.29, 0.717) is 6.61 Å². The first-order valence-electron chi connectivity index (χ1n) is 8.32. The van der Waals surface area contributed by atoms with Crippen LogP contribution >= 0.6 is 0 Å². The van der Waals surface area contributed by atoms with Crippen molar-refractivity contribution in [2.75, 3.05) is 6.61 Å². The van der Waals surface area contributed by atoms with Crippen LogP contribution in [0.3, 0.4) is 0 Å². The lowest BCUT2D eigenvalue weighted by molar-refractivity contribution is -0.190. The first-order valence-corrected chi connectivity index (χ1v) is 8.32. The molecule has 1 unspecified atom stereocenters. The Morgan fingerprint density at radius 1 is 1.20 bits per heavy atom. The van der Waals surface area contributed by atoms with Gasteiger partial charge in [0.15, 0.2) is 0 Å². The Hall–Kier alpha value is -0.570. The molecule has 1 saturated carbocycles. The third-order valence-electron chi connectivity index (χ3n) is 4.56. The fourth-order valence-corrected chi connectivity index (χ4v) is 2.50. The Labute approximate surface area is 124 Å². The van der Waals surface area contributed by atoms with Gasteiger partial charge in [0.2, 0.25) is 6.29 Å². The van der Waals surface area contributed by atoms with E-state index in [4.69, 9.17) is 9.47 Å². The molecule has 1 aliphatic rings. The molecule has 0 spiro atoms. The van der Waals surface area contributed by atoms with Gasteiger partial charge >= 0.3 is 5.97 Å². The van der Waals surface area contributed by atoms with Gasteiger partial charge in [-0.2, -0.15) is 0 Å². The minimum absolute atomic E-state index is 0.149. The summed E-state index contributed by atoms with van der Waals surface area (Å²) in [5.41, 5.74) is -0.417. The summed E-state index contributed by atoms with van der Waals surface area (Å²) in [5, 5.41) is 0. The molecule has 0 saturated heterocycles. The van der Waals surface area contributed by atoms with Crippen LogP contribution in [-0.2, 0) is 14.3 Å². The Bertz CT molecular complexity index is 280. The van der Waals surface area contributed by atoms with Crippen molar-refractivity contribution in [3.8, 4) is 0 Å². The van der Waals surface area contributed by atoms with Crippen LogP contribution in [0.2, 0.25) is 0 Å². The van der Waals surface area contributed by atoms with Crippen LogP contribution in [0.15, 0.2) is 0 Å². The topological polar surface area (TPSA) is 35.5 Å². The van der Waals surface area contributed by atoms with Crippen molar-refractivity contribution >= 4 is 5.97 Å². The number of hydrogen-bond acceptors (Lipinski definition) is 3. The standard InChI is InChI=1S/C17H32O3/c1-5-15(20-16(18)17(3,4)6-2)19-13-12-14-10-8-7-9-11-14/h14-15H,5-13H2,1-4H3. The van der Waals surface area contributed by atoms with Crippen molar-refractivity contribution in [3.05, 3.63) is 0 Å². The molecule has 1 rings (SSSR count). The molecule has 0 amide bonds. The predicted octanol–water partition coefficient (Wildman–Crippen LogP) is 4.69. The number of esters is 1. The van der Waals surface area contributed by atoms with Crippen molar-refractivity contribution in [1.82, 2.24) is 0 Å². The number of rotatable bonds is 8. The van der Waals surface area contributed by atoms with Gasteiger partial charge in [0.25, 0.3) is 0 Å². The van der Waals surface area contributed by atoms with E-state index in [0.717, 1.165) is 25.2 Å². The summed E-state index contributed by atoms with van der Waals surface area (Å²) < 4.78 is 11.2. The molecule has 0 heterocycles. The first kappa shape index (κ1) is 17.5. The zero-order chi connectivity index (χ0) is 15.0. The minimum Gasteiger partial charge on any atom is -0.435 e. The maximum atomic E-state index is 12.0. The molecule has 3 nitrogen and oxygen atoms in total. The van der Waals surface area contributed by atoms with Gasteiger partial charge in [-0.3, -0.25) is 4.79 Å². The number of carbonyl (C=O) groups excluding carboxylic acids is 1. The van der Waals surface area contributed by atoms with Crippen molar-refractivity contribution in [2.24, 2.45) is 11.3 Å². The van der Waals surface area contributed by atoms with Gasteiger partial charge < -0.3 is 9.47 Å². The summed E-state index contributed by atoms with van der Waals surface area (Å²) in [6.07, 6.45) is 9.01. The van der Waals surface area contributed by atoms with Gasteiger partial charge in [-0.15, -0.1) is 0 Å². The smallest absolute Gasteiger partial charge is 0.313 e. The van der Waals surface area contributed by atoms with Crippen LogP contribution in [0.1, 0.15) is 79.1 Å². The quantitative estimate of drug-likeness (QED) is 0.479. The lowest BCUT2D eigenvalue weighted by Crippen LogP contribution is -2.31. The summed E-state index contributed by atoms with van der Waals surface area (Å²) in [4.78, 5) is 12.0. The summed E-state index contributed by atoms with van der Waals surface area (Å²) in [5.74, 6) is 0.661. The van der Waals surface area contributed by atoms with E-state index in [1.54, 1.807) is 0 Å². The van der Waals surface area contributed by atoms with E-state index in [2.05, 4.69) is 0 Å². The molecule has 0 aromatic rings. The molecule has 0 aliphatic heterocycles. The molecule has 0 bridgehead atoms. The molecule has 1 aliphatic carbocycles. The summed E-state index contributed by atoms with van der Waals surface area (Å²) in [7, 11) is 0. The molecule has 0 aromatic heterocycles. The Balaban J connectivity index is 2.26. The Morgan fingerprint density at radius 2 is 1.85 bits per heavy atom. The highest BCUT2D eigenvalue weighted by molar-refractivity contribution is 5.75. The van der Waals surface area contributed by atoms with Crippen LogP contribution in [0.25, 0.3) is 0 Å². The molecule has 0 N–H and O–H groups in total. The highest BCUT2D eigenvalue weighted by Gasteiger charge is 2.29. The van der Waals surface area contributed by atoms with E-state index in [1.165, 1.54) is 32.1 Å². The molecule has 0 aromatic carbocycles. The lowest BCUT2D eigenvalue weighted by Gasteiger charge is -2.26. The molecular weight excluding hydrogens is 252 g/mol. The molecule has 118 valence electrons. The van der Waals surface area contributed by atoms with Crippen molar-refractivity contribution in [2.45, 2.75) is 85.4 Å². The van der Waals surface area contributed by atoms with Gasteiger partial charge in [0.1, 0.15) is 0 Å². The summed E-state index contributed by atoms with van der Waals surface area (Å²) >= 11 is 0. The Morgan fingerprint density at radius 3 is 2.40 bits per heavy atom. The van der Waals surface area contributed by atoms with Crippen molar-refractivity contribution < 1.29 is 14.3 Å².